The molecule has 0 saturated heterocycles. The summed E-state index contributed by atoms with van der Waals surface area (Å²) >= 11 is 0. The number of para-hydroxylation sites is 1. The van der Waals surface area contributed by atoms with Crippen molar-refractivity contribution in [2.75, 3.05) is 11.9 Å². The van der Waals surface area contributed by atoms with E-state index in [9.17, 15) is 9.59 Å². The van der Waals surface area contributed by atoms with E-state index in [0.717, 1.165) is 40.9 Å². The molecule has 0 fully saturated rings. The van der Waals surface area contributed by atoms with E-state index < -0.39 is 0 Å². The van der Waals surface area contributed by atoms with Gasteiger partial charge in [-0.15, -0.1) is 0 Å². The molecule has 0 radical (unpaired) electrons. The molecule has 6 heteroatoms. The highest BCUT2D eigenvalue weighted by molar-refractivity contribution is 6.01. The zero-order chi connectivity index (χ0) is 29.4. The second-order valence-electron chi connectivity index (χ2n) is 11.0. The number of unbranched alkanes of at least 4 members (excludes halogenated alkanes) is 3. The molecular formula is C35H42N4O2. The summed E-state index contributed by atoms with van der Waals surface area (Å²) in [5.41, 5.74) is 6.39. The van der Waals surface area contributed by atoms with E-state index >= 15 is 0 Å². The largest absolute Gasteiger partial charge is 0.327 e. The predicted octanol–water partition coefficient (Wildman–Crippen LogP) is 7.77. The molecule has 0 unspecified atom stereocenters. The maximum Gasteiger partial charge on any atom is 0.254 e. The number of carbonyl (C=O) groups is 2. The molecule has 1 aromatic heterocycles. The van der Waals surface area contributed by atoms with E-state index in [0.29, 0.717) is 11.4 Å². The zero-order valence-corrected chi connectivity index (χ0v) is 25.0. The Bertz CT molecular complexity index is 1460. The number of nitrogens with one attached hydrogen (secondary N) is 1. The Morgan fingerprint density at radius 1 is 0.878 bits per heavy atom. The molecule has 0 aliphatic heterocycles. The average Bonchev–Trinajstić information content (AvgIpc) is 3.29. The molecule has 4 aromatic rings. The van der Waals surface area contributed by atoms with Gasteiger partial charge in [0.05, 0.1) is 11.4 Å². The number of aromatic nitrogens is 2. The Balaban J connectivity index is 1.57. The van der Waals surface area contributed by atoms with Crippen LogP contribution in [0.1, 0.15) is 73.6 Å². The fraction of sp³-hybridized carbons (Fsp3) is 0.343. The van der Waals surface area contributed by atoms with Crippen molar-refractivity contribution in [3.8, 4) is 16.8 Å². The Morgan fingerprint density at radius 2 is 1.56 bits per heavy atom. The van der Waals surface area contributed by atoms with Gasteiger partial charge in [0.1, 0.15) is 12.4 Å². The van der Waals surface area contributed by atoms with Gasteiger partial charge in [0, 0.05) is 17.2 Å². The molecule has 0 atom stereocenters. The smallest absolute Gasteiger partial charge is 0.254 e. The Morgan fingerprint density at radius 3 is 2.22 bits per heavy atom. The number of nitrogens with zero attached hydrogens (tertiary/aromatic N) is 3. The second kappa shape index (κ2) is 13.9. The number of amides is 2. The summed E-state index contributed by atoms with van der Waals surface area (Å²) in [5.74, 6) is 0.169. The SMILES string of the molecule is CCCCCCc1ccc(C(=O)N(CC(=O)Nc2c(-c3ccccc3)c(C)nn2-c2ccccc2C)C(C)C)cc1. The van der Waals surface area contributed by atoms with Crippen LogP contribution in [-0.2, 0) is 11.2 Å². The van der Waals surface area contributed by atoms with E-state index in [-0.39, 0.29) is 24.4 Å². The van der Waals surface area contributed by atoms with Gasteiger partial charge in [0.25, 0.3) is 5.91 Å². The molecule has 2 amide bonds. The van der Waals surface area contributed by atoms with Gasteiger partial charge in [-0.05, 0) is 75.4 Å². The van der Waals surface area contributed by atoms with E-state index in [1.165, 1.54) is 24.8 Å². The monoisotopic (exact) mass is 550 g/mol. The first kappa shape index (κ1) is 29.8. The first-order chi connectivity index (χ1) is 19.8. The van der Waals surface area contributed by atoms with Crippen LogP contribution in [0, 0.1) is 13.8 Å². The minimum atomic E-state index is -0.272. The molecule has 6 nitrogen and oxygen atoms in total. The maximum absolute atomic E-state index is 13.6. The lowest BCUT2D eigenvalue weighted by Crippen LogP contribution is -2.42. The molecule has 0 aliphatic carbocycles. The van der Waals surface area contributed by atoms with Crippen LogP contribution in [0.2, 0.25) is 0 Å². The highest BCUT2D eigenvalue weighted by Crippen LogP contribution is 2.34. The van der Waals surface area contributed by atoms with Gasteiger partial charge in [-0.25, -0.2) is 4.68 Å². The summed E-state index contributed by atoms with van der Waals surface area (Å²) in [6.45, 7) is 9.99. The van der Waals surface area contributed by atoms with E-state index in [4.69, 9.17) is 5.10 Å². The van der Waals surface area contributed by atoms with Crippen molar-refractivity contribution in [2.24, 2.45) is 0 Å². The Kier molecular flexibility index (Phi) is 10.1. The summed E-state index contributed by atoms with van der Waals surface area (Å²) in [5, 5.41) is 7.96. The molecular weight excluding hydrogens is 508 g/mol. The molecule has 0 saturated carbocycles. The van der Waals surface area contributed by atoms with E-state index in [2.05, 4.69) is 12.2 Å². The highest BCUT2D eigenvalue weighted by atomic mass is 16.2. The van der Waals surface area contributed by atoms with E-state index in [1.54, 1.807) is 9.58 Å². The van der Waals surface area contributed by atoms with Gasteiger partial charge >= 0.3 is 0 Å². The van der Waals surface area contributed by atoms with Crippen molar-refractivity contribution in [1.82, 2.24) is 14.7 Å². The number of aryl methyl sites for hydroxylation is 3. The molecule has 1 heterocycles. The third-order valence-electron chi connectivity index (χ3n) is 7.44. The molecule has 3 aromatic carbocycles. The maximum atomic E-state index is 13.6. The topological polar surface area (TPSA) is 67.2 Å². The quantitative estimate of drug-likeness (QED) is 0.183. The summed E-state index contributed by atoms with van der Waals surface area (Å²) in [7, 11) is 0. The van der Waals surface area contributed by atoms with Crippen molar-refractivity contribution < 1.29 is 9.59 Å². The standard InChI is InChI=1S/C35H42N4O2/c1-6-7-8-10-16-28-20-22-30(23-21-28)35(41)38(25(2)3)24-32(40)36-34-33(29-17-11-9-12-18-29)27(5)37-39(34)31-19-14-13-15-26(31)4/h9,11-15,17-23,25H,6-8,10,16,24H2,1-5H3,(H,36,40). The Labute approximate surface area is 244 Å². The molecule has 0 spiro atoms. The number of hydrogen-bond donors (Lipinski definition) is 1. The minimum Gasteiger partial charge on any atom is -0.327 e. The van der Waals surface area contributed by atoms with Crippen molar-refractivity contribution in [2.45, 2.75) is 72.8 Å². The number of anilines is 1. The van der Waals surface area contributed by atoms with Gasteiger partial charge in [-0.1, -0.05) is 86.8 Å². The average molecular weight is 551 g/mol. The molecule has 1 N–H and O–H groups in total. The van der Waals surface area contributed by atoms with Crippen LogP contribution >= 0.6 is 0 Å². The third-order valence-corrected chi connectivity index (χ3v) is 7.44. The molecule has 214 valence electrons. The Hall–Kier alpha value is -4.19. The lowest BCUT2D eigenvalue weighted by atomic mass is 10.0. The summed E-state index contributed by atoms with van der Waals surface area (Å²) < 4.78 is 1.80. The lowest BCUT2D eigenvalue weighted by molar-refractivity contribution is -0.117. The predicted molar refractivity (Wildman–Crippen MR) is 168 cm³/mol. The highest BCUT2D eigenvalue weighted by Gasteiger charge is 2.25. The lowest BCUT2D eigenvalue weighted by Gasteiger charge is -2.26. The van der Waals surface area contributed by atoms with Crippen LogP contribution in [0.3, 0.4) is 0 Å². The van der Waals surface area contributed by atoms with Crippen LogP contribution in [-0.4, -0.2) is 39.1 Å². The number of rotatable bonds is 12. The van der Waals surface area contributed by atoms with Crippen LogP contribution in [0.15, 0.2) is 78.9 Å². The second-order valence-corrected chi connectivity index (χ2v) is 11.0. The number of hydrogen-bond acceptors (Lipinski definition) is 3. The van der Waals surface area contributed by atoms with Gasteiger partial charge in [0.15, 0.2) is 0 Å². The van der Waals surface area contributed by atoms with E-state index in [1.807, 2.05) is 107 Å². The fourth-order valence-electron chi connectivity index (χ4n) is 5.12. The summed E-state index contributed by atoms with van der Waals surface area (Å²) in [6, 6.07) is 25.6. The van der Waals surface area contributed by atoms with Crippen molar-refractivity contribution >= 4 is 17.6 Å². The summed E-state index contributed by atoms with van der Waals surface area (Å²) in [4.78, 5) is 28.8. The first-order valence-corrected chi connectivity index (χ1v) is 14.7. The van der Waals surface area contributed by atoms with Crippen LogP contribution in [0.5, 0.6) is 0 Å². The van der Waals surface area contributed by atoms with Gasteiger partial charge in [0.2, 0.25) is 5.91 Å². The minimum absolute atomic E-state index is 0.0680. The first-order valence-electron chi connectivity index (χ1n) is 14.7. The van der Waals surface area contributed by atoms with Crippen LogP contribution < -0.4 is 5.32 Å². The number of carbonyl (C=O) groups excluding carboxylic acids is 2. The molecule has 0 aliphatic rings. The van der Waals surface area contributed by atoms with Crippen molar-refractivity contribution in [1.29, 1.82) is 0 Å². The van der Waals surface area contributed by atoms with Crippen molar-refractivity contribution in [3.63, 3.8) is 0 Å². The normalized spacial score (nSPS) is 11.1. The molecule has 4 rings (SSSR count). The van der Waals surface area contributed by atoms with Gasteiger partial charge in [-0.2, -0.15) is 5.10 Å². The van der Waals surface area contributed by atoms with Gasteiger partial charge < -0.3 is 10.2 Å². The van der Waals surface area contributed by atoms with Gasteiger partial charge in [-0.3, -0.25) is 9.59 Å². The van der Waals surface area contributed by atoms with Crippen molar-refractivity contribution in [3.05, 3.63) is 101 Å². The third kappa shape index (κ3) is 7.31. The molecule has 0 bridgehead atoms. The zero-order valence-electron chi connectivity index (χ0n) is 25.0. The molecule has 41 heavy (non-hydrogen) atoms. The number of benzene rings is 3. The fourth-order valence-corrected chi connectivity index (χ4v) is 5.12. The van der Waals surface area contributed by atoms with Crippen LogP contribution in [0.4, 0.5) is 5.82 Å². The van der Waals surface area contributed by atoms with Crippen LogP contribution in [0.25, 0.3) is 16.8 Å². The summed E-state index contributed by atoms with van der Waals surface area (Å²) in [6.07, 6.45) is 5.86.